The Morgan fingerprint density at radius 3 is 2.68 bits per heavy atom. The summed E-state index contributed by atoms with van der Waals surface area (Å²) >= 11 is 1.69. The molecule has 4 rings (SSSR count). The summed E-state index contributed by atoms with van der Waals surface area (Å²) in [4.78, 5) is 4.35. The molecule has 5 nitrogen and oxygen atoms in total. The zero-order chi connectivity index (χ0) is 15.2. The van der Waals surface area contributed by atoms with Crippen molar-refractivity contribution < 1.29 is 8.42 Å². The molecule has 0 spiro atoms. The number of nitrogens with zero attached hydrogens (tertiary/aromatic N) is 2. The van der Waals surface area contributed by atoms with Gasteiger partial charge in [-0.05, 0) is 43.2 Å². The van der Waals surface area contributed by atoms with Crippen molar-refractivity contribution in [2.24, 2.45) is 0 Å². The van der Waals surface area contributed by atoms with E-state index in [-0.39, 0.29) is 5.25 Å². The average Bonchev–Trinajstić information content (AvgIpc) is 3.27. The minimum absolute atomic E-state index is 0.0945. The number of anilines is 1. The molecule has 0 atom stereocenters. The smallest absolute Gasteiger partial charge is 0.216 e. The molecule has 118 valence electrons. The molecule has 1 aliphatic carbocycles. The van der Waals surface area contributed by atoms with Crippen LogP contribution in [0.25, 0.3) is 10.2 Å². The van der Waals surface area contributed by atoms with Gasteiger partial charge in [-0.2, -0.15) is 0 Å². The summed E-state index contributed by atoms with van der Waals surface area (Å²) in [5.41, 5.74) is 2.13. The first kappa shape index (κ1) is 14.4. The lowest BCUT2D eigenvalue weighted by Gasteiger charge is -2.32. The lowest BCUT2D eigenvalue weighted by Crippen LogP contribution is -2.43. The van der Waals surface area contributed by atoms with Gasteiger partial charge in [0.05, 0.1) is 21.2 Å². The van der Waals surface area contributed by atoms with Crippen molar-refractivity contribution in [2.45, 2.75) is 37.0 Å². The molecule has 0 aromatic carbocycles. The maximum absolute atomic E-state index is 12.3. The van der Waals surface area contributed by atoms with Gasteiger partial charge in [0, 0.05) is 25.3 Å². The summed E-state index contributed by atoms with van der Waals surface area (Å²) in [6, 6.07) is 4.36. The highest BCUT2D eigenvalue weighted by atomic mass is 32.2. The Labute approximate surface area is 134 Å². The van der Waals surface area contributed by atoms with Crippen molar-refractivity contribution in [3.8, 4) is 0 Å². The first-order valence-corrected chi connectivity index (χ1v) is 10.1. The van der Waals surface area contributed by atoms with Gasteiger partial charge < -0.3 is 5.32 Å². The van der Waals surface area contributed by atoms with Crippen LogP contribution in [0.3, 0.4) is 0 Å². The molecule has 22 heavy (non-hydrogen) atoms. The molecule has 2 aromatic rings. The summed E-state index contributed by atoms with van der Waals surface area (Å²) in [6.07, 6.45) is 5.23. The maximum Gasteiger partial charge on any atom is 0.216 e. The van der Waals surface area contributed by atoms with Crippen LogP contribution in [0.4, 0.5) is 5.69 Å². The van der Waals surface area contributed by atoms with Gasteiger partial charge in [0.25, 0.3) is 0 Å². The molecular formula is C15H19N3O2S2. The van der Waals surface area contributed by atoms with Gasteiger partial charge in [-0.25, -0.2) is 12.7 Å². The van der Waals surface area contributed by atoms with Gasteiger partial charge in [0.15, 0.2) is 0 Å². The van der Waals surface area contributed by atoms with E-state index in [1.807, 2.05) is 23.7 Å². The number of sulfonamides is 1. The number of rotatable bonds is 4. The first-order valence-electron chi connectivity index (χ1n) is 7.72. The zero-order valence-electron chi connectivity index (χ0n) is 12.2. The lowest BCUT2D eigenvalue weighted by atomic mass is 10.1. The van der Waals surface area contributed by atoms with E-state index in [4.69, 9.17) is 0 Å². The van der Waals surface area contributed by atoms with Gasteiger partial charge in [0.1, 0.15) is 0 Å². The Morgan fingerprint density at radius 1 is 1.18 bits per heavy atom. The number of fused-ring (bicyclic) bond motifs is 1. The SMILES string of the molecule is O=S(=O)(C1CC1)N1CCC(Nc2ccnc3ccsc23)CC1. The molecule has 3 heterocycles. The van der Waals surface area contributed by atoms with E-state index in [1.165, 1.54) is 4.70 Å². The second-order valence-electron chi connectivity index (χ2n) is 6.06. The largest absolute Gasteiger partial charge is 0.381 e. The number of pyridine rings is 1. The molecule has 2 fully saturated rings. The summed E-state index contributed by atoms with van der Waals surface area (Å²) in [6.45, 7) is 1.27. The van der Waals surface area contributed by atoms with Crippen molar-refractivity contribution in [3.63, 3.8) is 0 Å². The Bertz CT molecular complexity index is 775. The van der Waals surface area contributed by atoms with Gasteiger partial charge in [-0.1, -0.05) is 0 Å². The standard InChI is InChI=1S/C15H19N3O2S2/c19-22(20,12-1-2-12)18-8-4-11(5-9-18)17-14-3-7-16-13-6-10-21-15(13)14/h3,6-7,10-12H,1-2,4-5,8-9H2,(H,16,17). The Kier molecular flexibility index (Phi) is 3.58. The van der Waals surface area contributed by atoms with Crippen molar-refractivity contribution in [1.82, 2.24) is 9.29 Å². The second-order valence-corrected chi connectivity index (χ2v) is 9.18. The van der Waals surface area contributed by atoms with Crippen LogP contribution < -0.4 is 5.32 Å². The summed E-state index contributed by atoms with van der Waals surface area (Å²) in [7, 11) is -3.01. The quantitative estimate of drug-likeness (QED) is 0.932. The fourth-order valence-electron chi connectivity index (χ4n) is 3.04. The van der Waals surface area contributed by atoms with E-state index in [9.17, 15) is 8.42 Å². The molecule has 0 unspecified atom stereocenters. The van der Waals surface area contributed by atoms with Gasteiger partial charge >= 0.3 is 0 Å². The van der Waals surface area contributed by atoms with E-state index in [2.05, 4.69) is 10.3 Å². The van der Waals surface area contributed by atoms with Crippen molar-refractivity contribution in [2.75, 3.05) is 18.4 Å². The third-order valence-electron chi connectivity index (χ3n) is 4.46. The Hall–Kier alpha value is -1.18. The Morgan fingerprint density at radius 2 is 1.95 bits per heavy atom. The van der Waals surface area contributed by atoms with Crippen LogP contribution in [-0.2, 0) is 10.0 Å². The first-order chi connectivity index (χ1) is 10.6. The van der Waals surface area contributed by atoms with Crippen LogP contribution in [0.15, 0.2) is 23.7 Å². The molecule has 2 aromatic heterocycles. The summed E-state index contributed by atoms with van der Waals surface area (Å²) in [5.74, 6) is 0. The molecule has 1 saturated heterocycles. The number of hydrogen-bond donors (Lipinski definition) is 1. The van der Waals surface area contributed by atoms with Crippen molar-refractivity contribution in [3.05, 3.63) is 23.7 Å². The predicted molar refractivity (Wildman–Crippen MR) is 89.8 cm³/mol. The fourth-order valence-corrected chi connectivity index (χ4v) is 5.74. The number of hydrogen-bond acceptors (Lipinski definition) is 5. The van der Waals surface area contributed by atoms with Crippen molar-refractivity contribution >= 4 is 37.3 Å². The van der Waals surface area contributed by atoms with E-state index < -0.39 is 10.0 Å². The van der Waals surface area contributed by atoms with Crippen LogP contribution in [0.5, 0.6) is 0 Å². The minimum atomic E-state index is -3.01. The normalized spacial score (nSPS) is 21.3. The lowest BCUT2D eigenvalue weighted by molar-refractivity contribution is 0.329. The number of aromatic nitrogens is 1. The average molecular weight is 337 g/mol. The van der Waals surface area contributed by atoms with Crippen LogP contribution in [0.2, 0.25) is 0 Å². The molecule has 0 radical (unpaired) electrons. The molecule has 1 saturated carbocycles. The van der Waals surface area contributed by atoms with Crippen LogP contribution in [0.1, 0.15) is 25.7 Å². The summed E-state index contributed by atoms with van der Waals surface area (Å²) < 4.78 is 27.4. The molecule has 1 N–H and O–H groups in total. The number of thiophene rings is 1. The Balaban J connectivity index is 1.43. The van der Waals surface area contributed by atoms with Crippen molar-refractivity contribution in [1.29, 1.82) is 0 Å². The van der Waals surface area contributed by atoms with Gasteiger partial charge in [0.2, 0.25) is 10.0 Å². The molecule has 0 bridgehead atoms. The van der Waals surface area contributed by atoms with E-state index in [1.54, 1.807) is 15.6 Å². The fraction of sp³-hybridized carbons (Fsp3) is 0.533. The number of piperidine rings is 1. The van der Waals surface area contributed by atoms with Crippen LogP contribution in [-0.4, -0.2) is 42.1 Å². The topological polar surface area (TPSA) is 62.3 Å². The predicted octanol–water partition coefficient (Wildman–Crippen LogP) is 2.66. The van der Waals surface area contributed by atoms with Gasteiger partial charge in [-0.15, -0.1) is 11.3 Å². The third kappa shape index (κ3) is 2.61. The highest BCUT2D eigenvalue weighted by molar-refractivity contribution is 7.90. The molecule has 7 heteroatoms. The molecular weight excluding hydrogens is 318 g/mol. The zero-order valence-corrected chi connectivity index (χ0v) is 13.9. The number of nitrogens with one attached hydrogen (secondary N) is 1. The maximum atomic E-state index is 12.3. The van der Waals surface area contributed by atoms with E-state index in [0.717, 1.165) is 36.9 Å². The van der Waals surface area contributed by atoms with Gasteiger partial charge in [-0.3, -0.25) is 4.98 Å². The molecule has 1 aliphatic heterocycles. The second kappa shape index (κ2) is 5.47. The van der Waals surface area contributed by atoms with E-state index in [0.29, 0.717) is 19.1 Å². The molecule has 2 aliphatic rings. The van der Waals surface area contributed by atoms with E-state index >= 15 is 0 Å². The monoisotopic (exact) mass is 337 g/mol. The van der Waals surface area contributed by atoms with Crippen LogP contribution >= 0.6 is 11.3 Å². The third-order valence-corrected chi connectivity index (χ3v) is 7.80. The minimum Gasteiger partial charge on any atom is -0.381 e. The molecule has 0 amide bonds. The highest BCUT2D eigenvalue weighted by Crippen LogP contribution is 2.33. The highest BCUT2D eigenvalue weighted by Gasteiger charge is 2.41. The summed E-state index contributed by atoms with van der Waals surface area (Å²) in [5, 5.41) is 5.53. The van der Waals surface area contributed by atoms with Crippen LogP contribution in [0, 0.1) is 0 Å².